The average Bonchev–Trinajstić information content (AvgIpc) is 3.05. The minimum absolute atomic E-state index is 0.135. The van der Waals surface area contributed by atoms with Crippen molar-refractivity contribution in [1.29, 1.82) is 0 Å². The second-order valence-electron chi connectivity index (χ2n) is 9.14. The fourth-order valence-corrected chi connectivity index (χ4v) is 6.24. The van der Waals surface area contributed by atoms with Gasteiger partial charge in [0.1, 0.15) is 11.6 Å². The highest BCUT2D eigenvalue weighted by Gasteiger charge is 2.53. The minimum Gasteiger partial charge on any atom is -0.508 e. The molecule has 0 spiro atoms. The summed E-state index contributed by atoms with van der Waals surface area (Å²) in [6.45, 7) is 2.39. The number of aryl methyl sites for hydroxylation is 1. The first-order valence-electron chi connectivity index (χ1n) is 10.7. The molecule has 150 valence electrons. The third-order valence-electron chi connectivity index (χ3n) is 7.71. The van der Waals surface area contributed by atoms with Gasteiger partial charge in [0.25, 0.3) is 0 Å². The Bertz CT molecular complexity index is 981. The highest BCUT2D eigenvalue weighted by molar-refractivity contribution is 5.93. The SMILES string of the molecule is C[C@@]12CC[C@@H]3c4ccc(O)cc4CC[C@@H]3[C@@H]1CC/C2=N/N=C\c1ccc(F)cc1. The molecule has 2 saturated carbocycles. The van der Waals surface area contributed by atoms with Crippen LogP contribution in [0.25, 0.3) is 0 Å². The summed E-state index contributed by atoms with van der Waals surface area (Å²) in [6.07, 6.45) is 8.52. The zero-order valence-electron chi connectivity index (χ0n) is 16.8. The van der Waals surface area contributed by atoms with Crippen molar-refractivity contribution >= 4 is 11.9 Å². The monoisotopic (exact) mass is 390 g/mol. The van der Waals surface area contributed by atoms with Gasteiger partial charge in [-0.25, -0.2) is 4.39 Å². The Labute approximate surface area is 171 Å². The van der Waals surface area contributed by atoms with Gasteiger partial charge in [-0.3, -0.25) is 0 Å². The second kappa shape index (κ2) is 7.08. The van der Waals surface area contributed by atoms with Crippen LogP contribution in [0, 0.1) is 23.1 Å². The number of phenolic OH excluding ortho intramolecular Hbond substituents is 1. The van der Waals surface area contributed by atoms with Gasteiger partial charge in [-0.2, -0.15) is 10.2 Å². The molecule has 0 aromatic heterocycles. The molecule has 5 rings (SSSR count). The van der Waals surface area contributed by atoms with E-state index in [4.69, 9.17) is 0 Å². The zero-order chi connectivity index (χ0) is 20.0. The van der Waals surface area contributed by atoms with E-state index in [9.17, 15) is 9.50 Å². The first-order valence-corrected chi connectivity index (χ1v) is 10.7. The maximum Gasteiger partial charge on any atom is 0.123 e. The van der Waals surface area contributed by atoms with E-state index < -0.39 is 0 Å². The van der Waals surface area contributed by atoms with Crippen LogP contribution in [0.15, 0.2) is 52.7 Å². The van der Waals surface area contributed by atoms with Crippen LogP contribution in [0.5, 0.6) is 5.75 Å². The van der Waals surface area contributed by atoms with E-state index in [1.807, 2.05) is 12.1 Å². The molecule has 2 aromatic rings. The Morgan fingerprint density at radius 1 is 1.07 bits per heavy atom. The number of rotatable bonds is 2. The van der Waals surface area contributed by atoms with E-state index in [0.717, 1.165) is 24.8 Å². The lowest BCUT2D eigenvalue weighted by Crippen LogP contribution is -2.42. The highest BCUT2D eigenvalue weighted by atomic mass is 19.1. The van der Waals surface area contributed by atoms with Crippen LogP contribution >= 0.6 is 0 Å². The van der Waals surface area contributed by atoms with Crippen LogP contribution in [0.4, 0.5) is 4.39 Å². The Hall–Kier alpha value is -2.49. The molecule has 29 heavy (non-hydrogen) atoms. The molecule has 0 aliphatic heterocycles. The summed E-state index contributed by atoms with van der Waals surface area (Å²) in [5.41, 5.74) is 5.03. The lowest BCUT2D eigenvalue weighted by Gasteiger charge is -2.49. The number of hydrogen-bond donors (Lipinski definition) is 1. The first kappa shape index (κ1) is 18.5. The Morgan fingerprint density at radius 2 is 1.90 bits per heavy atom. The molecule has 1 N–H and O–H groups in total. The van der Waals surface area contributed by atoms with Gasteiger partial charge in [0, 0.05) is 11.1 Å². The van der Waals surface area contributed by atoms with Crippen LogP contribution in [0.2, 0.25) is 0 Å². The quantitative estimate of drug-likeness (QED) is 0.506. The number of aromatic hydroxyl groups is 1. The molecular formula is C25H27FN2O. The molecule has 2 aromatic carbocycles. The summed E-state index contributed by atoms with van der Waals surface area (Å²) in [7, 11) is 0. The average molecular weight is 391 g/mol. The molecule has 3 aliphatic carbocycles. The fraction of sp³-hybridized carbons (Fsp3) is 0.440. The number of benzene rings is 2. The van der Waals surface area contributed by atoms with E-state index in [-0.39, 0.29) is 11.2 Å². The molecule has 3 nitrogen and oxygen atoms in total. The summed E-state index contributed by atoms with van der Waals surface area (Å²) < 4.78 is 13.1. The van der Waals surface area contributed by atoms with E-state index in [2.05, 4.69) is 23.2 Å². The maximum atomic E-state index is 13.1. The summed E-state index contributed by atoms with van der Waals surface area (Å²) in [5, 5.41) is 18.8. The summed E-state index contributed by atoms with van der Waals surface area (Å²) in [4.78, 5) is 0. The smallest absolute Gasteiger partial charge is 0.123 e. The van der Waals surface area contributed by atoms with Crippen molar-refractivity contribution in [3.05, 3.63) is 65.0 Å². The van der Waals surface area contributed by atoms with Crippen molar-refractivity contribution in [1.82, 2.24) is 0 Å². The molecule has 4 heteroatoms. The van der Waals surface area contributed by atoms with Gasteiger partial charge in [-0.15, -0.1) is 0 Å². The van der Waals surface area contributed by atoms with Gasteiger partial charge in [-0.1, -0.05) is 25.1 Å². The summed E-state index contributed by atoms with van der Waals surface area (Å²) >= 11 is 0. The number of halogens is 1. The van der Waals surface area contributed by atoms with Crippen molar-refractivity contribution in [3.63, 3.8) is 0 Å². The molecule has 0 amide bonds. The Morgan fingerprint density at radius 3 is 2.72 bits per heavy atom. The molecule has 0 heterocycles. The maximum absolute atomic E-state index is 13.1. The normalized spacial score (nSPS) is 32.2. The molecule has 0 radical (unpaired) electrons. The predicted octanol–water partition coefficient (Wildman–Crippen LogP) is 5.86. The molecule has 2 fully saturated rings. The van der Waals surface area contributed by atoms with E-state index >= 15 is 0 Å². The first-order chi connectivity index (χ1) is 14.0. The van der Waals surface area contributed by atoms with Crippen molar-refractivity contribution in [3.8, 4) is 5.75 Å². The van der Waals surface area contributed by atoms with Crippen LogP contribution < -0.4 is 0 Å². The third-order valence-corrected chi connectivity index (χ3v) is 7.71. The van der Waals surface area contributed by atoms with Crippen LogP contribution in [0.1, 0.15) is 61.6 Å². The molecular weight excluding hydrogens is 363 g/mol. The lowest BCUT2D eigenvalue weighted by molar-refractivity contribution is 0.0955. The number of fused-ring (bicyclic) bond motifs is 5. The second-order valence-corrected chi connectivity index (χ2v) is 9.14. The predicted molar refractivity (Wildman–Crippen MR) is 114 cm³/mol. The number of hydrogen-bond acceptors (Lipinski definition) is 3. The van der Waals surface area contributed by atoms with Gasteiger partial charge in [-0.05, 0) is 97.2 Å². The van der Waals surface area contributed by atoms with Crippen LogP contribution in [-0.4, -0.2) is 17.0 Å². The molecule has 0 bridgehead atoms. The van der Waals surface area contributed by atoms with Gasteiger partial charge in [0.15, 0.2) is 0 Å². The van der Waals surface area contributed by atoms with Crippen molar-refractivity contribution in [2.24, 2.45) is 27.5 Å². The number of phenols is 1. The van der Waals surface area contributed by atoms with Gasteiger partial charge in [0.05, 0.1) is 6.21 Å². The number of nitrogens with zero attached hydrogens (tertiary/aromatic N) is 2. The van der Waals surface area contributed by atoms with Crippen molar-refractivity contribution in [2.45, 2.75) is 51.4 Å². The Balaban J connectivity index is 1.37. The Kier molecular flexibility index (Phi) is 4.53. The largest absolute Gasteiger partial charge is 0.508 e. The fourth-order valence-electron chi connectivity index (χ4n) is 6.24. The van der Waals surface area contributed by atoms with E-state index in [1.165, 1.54) is 48.2 Å². The summed E-state index contributed by atoms with van der Waals surface area (Å²) in [6, 6.07) is 12.3. The van der Waals surface area contributed by atoms with Crippen molar-refractivity contribution in [2.75, 3.05) is 0 Å². The molecule has 0 saturated heterocycles. The van der Waals surface area contributed by atoms with Crippen molar-refractivity contribution < 1.29 is 9.50 Å². The summed E-state index contributed by atoms with van der Waals surface area (Å²) in [5.74, 6) is 2.11. The van der Waals surface area contributed by atoms with Gasteiger partial charge < -0.3 is 5.11 Å². The van der Waals surface area contributed by atoms with E-state index in [1.54, 1.807) is 18.3 Å². The van der Waals surface area contributed by atoms with Crippen LogP contribution in [-0.2, 0) is 6.42 Å². The standard InChI is InChI=1S/C25H27FN2O/c1-25-13-12-21-20-9-7-19(29)14-17(20)4-8-22(21)23(25)10-11-24(25)28-27-15-16-2-5-18(26)6-3-16/h2-3,5-7,9,14-15,21-23,29H,4,8,10-13H2,1H3/b27-15-,28-24-/t21-,22+,23+,25-/m1/s1. The molecule has 3 aliphatic rings. The zero-order valence-corrected chi connectivity index (χ0v) is 16.8. The van der Waals surface area contributed by atoms with Gasteiger partial charge >= 0.3 is 0 Å². The van der Waals surface area contributed by atoms with E-state index in [0.29, 0.717) is 23.5 Å². The topological polar surface area (TPSA) is 45.0 Å². The van der Waals surface area contributed by atoms with Gasteiger partial charge in [0.2, 0.25) is 0 Å². The lowest BCUT2D eigenvalue weighted by atomic mass is 9.55. The molecule has 0 unspecified atom stereocenters. The molecule has 4 atom stereocenters. The third kappa shape index (κ3) is 3.19. The minimum atomic E-state index is -0.236. The van der Waals surface area contributed by atoms with Crippen LogP contribution in [0.3, 0.4) is 0 Å². The highest BCUT2D eigenvalue weighted by Crippen LogP contribution is 2.60.